The van der Waals surface area contributed by atoms with Crippen molar-refractivity contribution in [2.24, 2.45) is 5.73 Å². The second kappa shape index (κ2) is 8.95. The summed E-state index contributed by atoms with van der Waals surface area (Å²) in [5.41, 5.74) is 8.33. The highest BCUT2D eigenvalue weighted by Crippen LogP contribution is 2.17. The summed E-state index contributed by atoms with van der Waals surface area (Å²) in [6.07, 6.45) is 1.12. The normalized spacial score (nSPS) is 13.7. The number of fused-ring (bicyclic) bond motifs is 1. The number of aromatic nitrogens is 2. The van der Waals surface area contributed by atoms with Gasteiger partial charge in [0.25, 0.3) is 0 Å². The van der Waals surface area contributed by atoms with Crippen LogP contribution in [0.25, 0.3) is 0 Å². The molecule has 0 unspecified atom stereocenters. The third kappa shape index (κ3) is 4.58. The number of hydrogen-bond donors (Lipinski definition) is 2. The first kappa shape index (κ1) is 18.7. The zero-order chi connectivity index (χ0) is 13.8. The van der Waals surface area contributed by atoms with Crippen LogP contribution in [0.5, 0.6) is 0 Å². The molecule has 2 heterocycles. The van der Waals surface area contributed by atoms with Crippen molar-refractivity contribution in [2.45, 2.75) is 19.5 Å². The number of benzene rings is 1. The lowest BCUT2D eigenvalue weighted by molar-refractivity contribution is 0.263. The Bertz CT molecular complexity index is 578. The van der Waals surface area contributed by atoms with Crippen LogP contribution in [0.4, 0.5) is 6.01 Å². The Morgan fingerprint density at radius 1 is 1.18 bits per heavy atom. The van der Waals surface area contributed by atoms with Gasteiger partial charge in [-0.15, -0.1) is 29.9 Å². The summed E-state index contributed by atoms with van der Waals surface area (Å²) in [4.78, 5) is 2.43. The third-order valence-corrected chi connectivity index (χ3v) is 3.56. The number of nitrogens with one attached hydrogen (secondary N) is 1. The van der Waals surface area contributed by atoms with Gasteiger partial charge < -0.3 is 15.5 Å². The van der Waals surface area contributed by atoms with E-state index in [1.165, 1.54) is 11.1 Å². The molecule has 0 saturated carbocycles. The van der Waals surface area contributed by atoms with Crippen molar-refractivity contribution in [3.8, 4) is 0 Å². The second-order valence-electron chi connectivity index (χ2n) is 4.93. The molecule has 6 nitrogen and oxygen atoms in total. The van der Waals surface area contributed by atoms with Gasteiger partial charge in [0.2, 0.25) is 5.89 Å². The van der Waals surface area contributed by atoms with Gasteiger partial charge in [-0.2, -0.15) is 0 Å². The molecule has 1 aliphatic rings. The predicted molar refractivity (Wildman–Crippen MR) is 90.6 cm³/mol. The lowest BCUT2D eigenvalue weighted by atomic mass is 10.00. The molecule has 8 heteroatoms. The number of halogens is 2. The summed E-state index contributed by atoms with van der Waals surface area (Å²) in [5.74, 6) is 0.458. The molecule has 3 N–H and O–H groups in total. The zero-order valence-corrected chi connectivity index (χ0v) is 13.8. The Hall–Kier alpha value is -1.34. The molecule has 1 aromatic carbocycles. The van der Waals surface area contributed by atoms with Crippen molar-refractivity contribution in [3.63, 3.8) is 0 Å². The molecule has 0 radical (unpaired) electrons. The standard InChI is InChI=1S/C14H19N5O.2ClH/c15-9-13-17-18-14(20-13)16-6-8-19-7-5-11-3-1-2-4-12(11)10-19;;/h1-4H,5-10,15H2,(H,16,18);2*1H. The van der Waals surface area contributed by atoms with E-state index in [1.54, 1.807) is 0 Å². The molecular formula is C14H21Cl2N5O. The third-order valence-electron chi connectivity index (χ3n) is 3.56. The number of anilines is 1. The minimum Gasteiger partial charge on any atom is -0.407 e. The van der Waals surface area contributed by atoms with Crippen LogP contribution in [0.3, 0.4) is 0 Å². The van der Waals surface area contributed by atoms with Gasteiger partial charge >= 0.3 is 6.01 Å². The molecule has 0 saturated heterocycles. The lowest BCUT2D eigenvalue weighted by Gasteiger charge is -2.28. The molecule has 0 atom stereocenters. The number of nitrogens with two attached hydrogens (primary N) is 1. The zero-order valence-electron chi connectivity index (χ0n) is 12.2. The van der Waals surface area contributed by atoms with Crippen LogP contribution in [0.2, 0.25) is 0 Å². The Labute approximate surface area is 142 Å². The fourth-order valence-corrected chi connectivity index (χ4v) is 2.47. The number of hydrogen-bond acceptors (Lipinski definition) is 6. The van der Waals surface area contributed by atoms with E-state index in [1.807, 2.05) is 0 Å². The summed E-state index contributed by atoms with van der Waals surface area (Å²) in [6.45, 7) is 4.12. The molecule has 0 spiro atoms. The number of nitrogens with zero attached hydrogens (tertiary/aromatic N) is 3. The van der Waals surface area contributed by atoms with Gasteiger partial charge in [-0.3, -0.25) is 4.90 Å². The molecule has 2 aromatic rings. The van der Waals surface area contributed by atoms with Gasteiger partial charge in [0, 0.05) is 26.2 Å². The van der Waals surface area contributed by atoms with Crippen molar-refractivity contribution < 1.29 is 4.42 Å². The largest absolute Gasteiger partial charge is 0.407 e. The van der Waals surface area contributed by atoms with E-state index in [4.69, 9.17) is 10.2 Å². The Kier molecular flexibility index (Phi) is 7.61. The van der Waals surface area contributed by atoms with Crippen LogP contribution >= 0.6 is 24.8 Å². The molecule has 0 bridgehead atoms. The van der Waals surface area contributed by atoms with Crippen LogP contribution < -0.4 is 11.1 Å². The fraction of sp³-hybridized carbons (Fsp3) is 0.429. The summed E-state index contributed by atoms with van der Waals surface area (Å²) >= 11 is 0. The van der Waals surface area contributed by atoms with Gasteiger partial charge in [-0.1, -0.05) is 29.4 Å². The maximum atomic E-state index is 5.42. The van der Waals surface area contributed by atoms with E-state index in [2.05, 4.69) is 44.7 Å². The second-order valence-corrected chi connectivity index (χ2v) is 4.93. The summed E-state index contributed by atoms with van der Waals surface area (Å²) in [6, 6.07) is 9.09. The minimum absolute atomic E-state index is 0. The van der Waals surface area contributed by atoms with E-state index in [9.17, 15) is 0 Å². The molecule has 1 aromatic heterocycles. The summed E-state index contributed by atoms with van der Waals surface area (Å²) in [5, 5.41) is 10.8. The van der Waals surface area contributed by atoms with Crippen molar-refractivity contribution in [1.82, 2.24) is 15.1 Å². The summed E-state index contributed by atoms with van der Waals surface area (Å²) in [7, 11) is 0. The maximum Gasteiger partial charge on any atom is 0.315 e. The minimum atomic E-state index is 0. The highest BCUT2D eigenvalue weighted by molar-refractivity contribution is 5.85. The van der Waals surface area contributed by atoms with Crippen LogP contribution in [0.1, 0.15) is 17.0 Å². The molecule has 22 heavy (non-hydrogen) atoms. The molecule has 0 fully saturated rings. The number of rotatable bonds is 5. The maximum absolute atomic E-state index is 5.42. The topological polar surface area (TPSA) is 80.2 Å². The summed E-state index contributed by atoms with van der Waals surface area (Å²) < 4.78 is 5.30. The van der Waals surface area contributed by atoms with Gasteiger partial charge in [-0.25, -0.2) is 0 Å². The average molecular weight is 346 g/mol. The van der Waals surface area contributed by atoms with Crippen molar-refractivity contribution in [3.05, 3.63) is 41.3 Å². The predicted octanol–water partition coefficient (Wildman–Crippen LogP) is 1.84. The molecule has 0 amide bonds. The molecule has 1 aliphatic heterocycles. The van der Waals surface area contributed by atoms with Crippen molar-refractivity contribution in [1.29, 1.82) is 0 Å². The molecule has 3 rings (SSSR count). The SMILES string of the molecule is Cl.Cl.NCc1nnc(NCCN2CCc3ccccc3C2)o1. The Morgan fingerprint density at radius 3 is 2.68 bits per heavy atom. The lowest BCUT2D eigenvalue weighted by Crippen LogP contribution is -2.34. The van der Waals surface area contributed by atoms with E-state index in [-0.39, 0.29) is 31.4 Å². The van der Waals surface area contributed by atoms with Crippen LogP contribution in [-0.4, -0.2) is 34.7 Å². The smallest absolute Gasteiger partial charge is 0.315 e. The van der Waals surface area contributed by atoms with Gasteiger partial charge in [0.1, 0.15) is 0 Å². The van der Waals surface area contributed by atoms with Crippen LogP contribution in [0.15, 0.2) is 28.7 Å². The van der Waals surface area contributed by atoms with Crippen LogP contribution in [0, 0.1) is 0 Å². The van der Waals surface area contributed by atoms with E-state index in [0.717, 1.165) is 32.6 Å². The Balaban J connectivity index is 0.00000121. The fourth-order valence-electron chi connectivity index (χ4n) is 2.47. The van der Waals surface area contributed by atoms with Gasteiger partial charge in [-0.05, 0) is 17.5 Å². The van der Waals surface area contributed by atoms with E-state index < -0.39 is 0 Å². The Morgan fingerprint density at radius 2 is 1.95 bits per heavy atom. The van der Waals surface area contributed by atoms with Crippen molar-refractivity contribution >= 4 is 30.8 Å². The molecule has 122 valence electrons. The highest BCUT2D eigenvalue weighted by atomic mass is 35.5. The van der Waals surface area contributed by atoms with Crippen LogP contribution in [-0.2, 0) is 19.5 Å². The monoisotopic (exact) mass is 345 g/mol. The first-order valence-corrected chi connectivity index (χ1v) is 6.90. The van der Waals surface area contributed by atoms with Gasteiger partial charge in [0.15, 0.2) is 0 Å². The molecule has 0 aliphatic carbocycles. The first-order chi connectivity index (χ1) is 9.85. The van der Waals surface area contributed by atoms with E-state index in [0.29, 0.717) is 11.9 Å². The van der Waals surface area contributed by atoms with E-state index >= 15 is 0 Å². The highest BCUT2D eigenvalue weighted by Gasteiger charge is 2.15. The van der Waals surface area contributed by atoms with Gasteiger partial charge in [0.05, 0.1) is 6.54 Å². The quantitative estimate of drug-likeness (QED) is 0.860. The average Bonchev–Trinajstić information content (AvgIpc) is 2.95. The van der Waals surface area contributed by atoms with Crippen molar-refractivity contribution in [2.75, 3.05) is 25.0 Å². The molecular weight excluding hydrogens is 325 g/mol. The first-order valence-electron chi connectivity index (χ1n) is 6.90.